The van der Waals surface area contributed by atoms with Crippen LogP contribution in [-0.2, 0) is 9.59 Å². The highest BCUT2D eigenvalue weighted by Gasteiger charge is 2.17. The molecule has 0 rings (SSSR count). The summed E-state index contributed by atoms with van der Waals surface area (Å²) < 4.78 is 0. The van der Waals surface area contributed by atoms with E-state index in [2.05, 4.69) is 6.92 Å². The van der Waals surface area contributed by atoms with Gasteiger partial charge < -0.3 is 10.8 Å². The molecule has 0 spiro atoms. The van der Waals surface area contributed by atoms with E-state index in [1.807, 2.05) is 6.92 Å². The van der Waals surface area contributed by atoms with Crippen molar-refractivity contribution >= 4 is 11.8 Å². The molecule has 0 fully saturated rings. The quantitative estimate of drug-likeness (QED) is 0.507. The van der Waals surface area contributed by atoms with E-state index in [0.29, 0.717) is 19.3 Å². The van der Waals surface area contributed by atoms with Crippen molar-refractivity contribution in [3.05, 3.63) is 0 Å². The summed E-state index contributed by atoms with van der Waals surface area (Å²) in [6.45, 7) is 4.10. The van der Waals surface area contributed by atoms with Crippen molar-refractivity contribution < 1.29 is 14.7 Å². The van der Waals surface area contributed by atoms with Crippen molar-refractivity contribution in [1.29, 1.82) is 0 Å². The number of carboxylic acids is 1. The lowest BCUT2D eigenvalue weighted by Gasteiger charge is -2.13. The third-order valence-electron chi connectivity index (χ3n) is 3.61. The normalized spacial score (nSPS) is 13.9. The van der Waals surface area contributed by atoms with Crippen LogP contribution in [0.5, 0.6) is 0 Å². The molecule has 0 saturated carbocycles. The molecule has 0 aliphatic heterocycles. The van der Waals surface area contributed by atoms with Crippen molar-refractivity contribution in [2.45, 2.75) is 84.1 Å². The monoisotopic (exact) mass is 285 g/mol. The number of nitrogens with two attached hydrogens (primary N) is 1. The molecule has 0 bridgehead atoms. The molecule has 0 aromatic heterocycles. The number of rotatable bonds is 13. The summed E-state index contributed by atoms with van der Waals surface area (Å²) in [5.41, 5.74) is 5.46. The first kappa shape index (κ1) is 19.1. The van der Waals surface area contributed by atoms with Crippen LogP contribution < -0.4 is 5.73 Å². The molecule has 118 valence electrons. The van der Waals surface area contributed by atoms with E-state index in [9.17, 15) is 9.59 Å². The Morgan fingerprint density at radius 2 is 1.60 bits per heavy atom. The topological polar surface area (TPSA) is 80.4 Å². The highest BCUT2D eigenvalue weighted by atomic mass is 16.4. The number of hydrogen-bond acceptors (Lipinski definition) is 3. The molecule has 4 heteroatoms. The fourth-order valence-electron chi connectivity index (χ4n) is 2.39. The minimum atomic E-state index is -0.989. The van der Waals surface area contributed by atoms with Gasteiger partial charge >= 0.3 is 5.97 Å². The highest BCUT2D eigenvalue weighted by molar-refractivity contribution is 5.78. The summed E-state index contributed by atoms with van der Waals surface area (Å²) in [6.07, 6.45) is 9.89. The predicted molar refractivity (Wildman–Crippen MR) is 81.6 cm³/mol. The molecule has 1 unspecified atom stereocenters. The molecule has 0 amide bonds. The Labute approximate surface area is 123 Å². The number of carbonyl (C=O) groups excluding carboxylic acids is 1. The van der Waals surface area contributed by atoms with Crippen molar-refractivity contribution in [3.8, 4) is 0 Å². The molecule has 0 aromatic carbocycles. The van der Waals surface area contributed by atoms with Crippen molar-refractivity contribution in [2.75, 3.05) is 0 Å². The van der Waals surface area contributed by atoms with E-state index < -0.39 is 12.0 Å². The molecule has 0 aliphatic carbocycles. The summed E-state index contributed by atoms with van der Waals surface area (Å²) in [7, 11) is 0. The van der Waals surface area contributed by atoms with Gasteiger partial charge in [0.25, 0.3) is 0 Å². The van der Waals surface area contributed by atoms with Gasteiger partial charge in [-0.3, -0.25) is 9.59 Å². The van der Waals surface area contributed by atoms with E-state index in [4.69, 9.17) is 10.8 Å². The lowest BCUT2D eigenvalue weighted by Crippen LogP contribution is -2.32. The molecule has 0 radical (unpaired) electrons. The number of Topliss-reactive ketones (excluding diaryl/α,β-unsaturated/α-hetero) is 1. The second-order valence-corrected chi connectivity index (χ2v) is 5.90. The number of carbonyl (C=O) groups is 2. The second-order valence-electron chi connectivity index (χ2n) is 5.90. The summed E-state index contributed by atoms with van der Waals surface area (Å²) >= 11 is 0. The van der Waals surface area contributed by atoms with Gasteiger partial charge in [-0.1, -0.05) is 52.4 Å². The average Bonchev–Trinajstić information content (AvgIpc) is 2.37. The van der Waals surface area contributed by atoms with Crippen LogP contribution >= 0.6 is 0 Å². The van der Waals surface area contributed by atoms with Crippen LogP contribution in [0.25, 0.3) is 0 Å². The number of aliphatic carboxylic acids is 1. The largest absolute Gasteiger partial charge is 0.480 e. The van der Waals surface area contributed by atoms with Crippen LogP contribution in [0.2, 0.25) is 0 Å². The van der Waals surface area contributed by atoms with Gasteiger partial charge in [0.1, 0.15) is 11.8 Å². The lowest BCUT2D eigenvalue weighted by molar-refractivity contribution is -0.139. The summed E-state index contributed by atoms with van der Waals surface area (Å²) in [6, 6.07) is -0.851. The van der Waals surface area contributed by atoms with E-state index >= 15 is 0 Å². The number of ketones is 1. The van der Waals surface area contributed by atoms with E-state index in [1.165, 1.54) is 32.1 Å². The maximum Gasteiger partial charge on any atom is 0.320 e. The Bertz CT molecular complexity index is 279. The molecule has 20 heavy (non-hydrogen) atoms. The van der Waals surface area contributed by atoms with Gasteiger partial charge in [0.15, 0.2) is 0 Å². The highest BCUT2D eigenvalue weighted by Crippen LogP contribution is 2.14. The summed E-state index contributed by atoms with van der Waals surface area (Å²) in [4.78, 5) is 22.4. The zero-order valence-corrected chi connectivity index (χ0v) is 13.1. The molecular formula is C16H31NO3. The number of unbranched alkanes of at least 4 members (excludes halogenated alkanes) is 6. The Hall–Kier alpha value is -0.900. The first-order valence-electron chi connectivity index (χ1n) is 7.97. The smallest absolute Gasteiger partial charge is 0.320 e. The first-order valence-corrected chi connectivity index (χ1v) is 7.97. The third-order valence-corrected chi connectivity index (χ3v) is 3.61. The van der Waals surface area contributed by atoms with Gasteiger partial charge in [0, 0.05) is 12.8 Å². The Morgan fingerprint density at radius 3 is 2.15 bits per heavy atom. The lowest BCUT2D eigenvalue weighted by atomic mass is 9.94. The zero-order chi connectivity index (χ0) is 15.4. The van der Waals surface area contributed by atoms with Crippen LogP contribution in [0.4, 0.5) is 0 Å². The van der Waals surface area contributed by atoms with Crippen molar-refractivity contribution in [1.82, 2.24) is 0 Å². The Morgan fingerprint density at radius 1 is 1.05 bits per heavy atom. The summed E-state index contributed by atoms with van der Waals surface area (Å²) in [5, 5.41) is 8.72. The maximum atomic E-state index is 11.8. The fourth-order valence-corrected chi connectivity index (χ4v) is 2.39. The fraction of sp³-hybridized carbons (Fsp3) is 0.875. The van der Waals surface area contributed by atoms with E-state index in [0.717, 1.165) is 12.8 Å². The van der Waals surface area contributed by atoms with Crippen LogP contribution in [0.15, 0.2) is 0 Å². The summed E-state index contributed by atoms with van der Waals surface area (Å²) in [5.74, 6) is -0.696. The number of hydrogen-bond donors (Lipinski definition) is 2. The van der Waals surface area contributed by atoms with Crippen LogP contribution in [-0.4, -0.2) is 22.9 Å². The Balaban J connectivity index is 3.55. The second kappa shape index (κ2) is 11.9. The van der Waals surface area contributed by atoms with Gasteiger partial charge in [-0.2, -0.15) is 0 Å². The van der Waals surface area contributed by atoms with Crippen molar-refractivity contribution in [2.24, 2.45) is 11.7 Å². The molecule has 2 atom stereocenters. The van der Waals surface area contributed by atoms with E-state index in [1.54, 1.807) is 0 Å². The molecule has 4 nitrogen and oxygen atoms in total. The van der Waals surface area contributed by atoms with Crippen LogP contribution in [0, 0.1) is 5.92 Å². The molecule has 3 N–H and O–H groups in total. The van der Waals surface area contributed by atoms with Gasteiger partial charge in [-0.25, -0.2) is 0 Å². The number of carboxylic acid groups (broad SMARTS) is 1. The van der Waals surface area contributed by atoms with Gasteiger partial charge in [-0.05, 0) is 18.8 Å². The molecule has 0 heterocycles. The van der Waals surface area contributed by atoms with Crippen molar-refractivity contribution in [3.63, 3.8) is 0 Å². The SMILES string of the molecule is CCCCCCCCCC(=O)CC(C)C[C@H](N)C(=O)O. The maximum absolute atomic E-state index is 11.8. The van der Waals surface area contributed by atoms with Gasteiger partial charge in [-0.15, -0.1) is 0 Å². The zero-order valence-electron chi connectivity index (χ0n) is 13.1. The Kier molecular flexibility index (Phi) is 11.4. The first-order chi connectivity index (χ1) is 9.47. The molecular weight excluding hydrogens is 254 g/mol. The molecule has 0 aliphatic rings. The predicted octanol–water partition coefficient (Wildman–Crippen LogP) is 3.52. The van der Waals surface area contributed by atoms with Crippen LogP contribution in [0.3, 0.4) is 0 Å². The minimum Gasteiger partial charge on any atom is -0.480 e. The van der Waals surface area contributed by atoms with Gasteiger partial charge in [0.2, 0.25) is 0 Å². The van der Waals surface area contributed by atoms with E-state index in [-0.39, 0.29) is 11.7 Å². The molecule has 0 saturated heterocycles. The third kappa shape index (κ3) is 11.0. The molecule has 0 aromatic rings. The minimum absolute atomic E-state index is 0.0538. The average molecular weight is 285 g/mol. The standard InChI is InChI=1S/C16H31NO3/c1-3-4-5-6-7-8-9-10-14(18)11-13(2)12-15(17)16(19)20/h13,15H,3-12,17H2,1-2H3,(H,19,20)/t13?,15-/m0/s1. The van der Waals surface area contributed by atoms with Crippen LogP contribution in [0.1, 0.15) is 78.1 Å². The van der Waals surface area contributed by atoms with Gasteiger partial charge in [0.05, 0.1) is 0 Å².